The topological polar surface area (TPSA) is 96.0 Å². The number of ketones is 1. The van der Waals surface area contributed by atoms with Crippen LogP contribution in [0.25, 0.3) is 0 Å². The van der Waals surface area contributed by atoms with Gasteiger partial charge in [-0.05, 0) is 33.6 Å². The molecule has 1 rings (SSSR count). The molecule has 0 saturated heterocycles. The Morgan fingerprint density at radius 2 is 1.50 bits per heavy atom. The van der Waals surface area contributed by atoms with Crippen LogP contribution in [0.2, 0.25) is 0 Å². The summed E-state index contributed by atoms with van der Waals surface area (Å²) in [4.78, 5) is 48.4. The van der Waals surface area contributed by atoms with Crippen LogP contribution in [0, 0.1) is 11.3 Å². The third-order valence-corrected chi connectivity index (χ3v) is 3.64. The van der Waals surface area contributed by atoms with E-state index in [0.29, 0.717) is 0 Å². The predicted molar refractivity (Wildman–Crippen MR) is 74.7 cm³/mol. The molecule has 0 aliphatic heterocycles. The van der Waals surface area contributed by atoms with Crippen molar-refractivity contribution in [3.05, 3.63) is 0 Å². The van der Waals surface area contributed by atoms with Gasteiger partial charge in [0.25, 0.3) is 0 Å². The molecule has 1 atom stereocenters. The Morgan fingerprint density at radius 1 is 1.00 bits per heavy atom. The number of esters is 3. The smallest absolute Gasteiger partial charge is 0.323 e. The number of hydrogen-bond donors (Lipinski definition) is 0. The van der Waals surface area contributed by atoms with Gasteiger partial charge in [0.2, 0.25) is 0 Å². The van der Waals surface area contributed by atoms with Crippen molar-refractivity contribution in [2.24, 2.45) is 11.3 Å². The molecular formula is C15H22O7. The molecule has 0 aromatic rings. The summed E-state index contributed by atoms with van der Waals surface area (Å²) in [6.45, 7) is 5.17. The zero-order valence-electron chi connectivity index (χ0n) is 13.2. The monoisotopic (exact) mass is 314 g/mol. The van der Waals surface area contributed by atoms with Crippen molar-refractivity contribution in [3.8, 4) is 0 Å². The van der Waals surface area contributed by atoms with Crippen LogP contribution in [0.3, 0.4) is 0 Å². The molecule has 0 spiro atoms. The Hall–Kier alpha value is -1.92. The van der Waals surface area contributed by atoms with Gasteiger partial charge < -0.3 is 14.2 Å². The number of carbonyl (C=O) groups is 4. The lowest BCUT2D eigenvalue weighted by Gasteiger charge is -2.34. The van der Waals surface area contributed by atoms with Gasteiger partial charge in [0, 0.05) is 6.42 Å². The lowest BCUT2D eigenvalue weighted by Crippen LogP contribution is -2.49. The Morgan fingerprint density at radius 3 is 1.95 bits per heavy atom. The van der Waals surface area contributed by atoms with E-state index in [4.69, 9.17) is 14.2 Å². The maximum absolute atomic E-state index is 12.3. The van der Waals surface area contributed by atoms with Gasteiger partial charge in [-0.25, -0.2) is 0 Å². The van der Waals surface area contributed by atoms with Gasteiger partial charge in [0.15, 0.2) is 5.41 Å². The highest BCUT2D eigenvalue weighted by molar-refractivity contribution is 6.06. The van der Waals surface area contributed by atoms with Gasteiger partial charge >= 0.3 is 17.9 Å². The first-order valence-electron chi connectivity index (χ1n) is 7.46. The number of hydrogen-bond acceptors (Lipinski definition) is 7. The highest BCUT2D eigenvalue weighted by Crippen LogP contribution is 2.40. The van der Waals surface area contributed by atoms with E-state index in [2.05, 4.69) is 0 Å². The van der Waals surface area contributed by atoms with Crippen LogP contribution in [0.15, 0.2) is 0 Å². The summed E-state index contributed by atoms with van der Waals surface area (Å²) in [5.74, 6) is -3.69. The molecule has 0 aromatic carbocycles. The molecule has 1 aliphatic carbocycles. The average molecular weight is 314 g/mol. The van der Waals surface area contributed by atoms with Crippen LogP contribution in [0.1, 0.15) is 40.0 Å². The minimum Gasteiger partial charge on any atom is -0.465 e. The molecule has 1 unspecified atom stereocenters. The van der Waals surface area contributed by atoms with Gasteiger partial charge in [-0.1, -0.05) is 0 Å². The van der Waals surface area contributed by atoms with E-state index in [9.17, 15) is 19.2 Å². The molecule has 0 N–H and O–H groups in total. The fourth-order valence-electron chi connectivity index (χ4n) is 2.53. The summed E-state index contributed by atoms with van der Waals surface area (Å²) in [5.41, 5.74) is -1.61. The molecule has 1 fully saturated rings. The average Bonchev–Trinajstić information content (AvgIpc) is 2.48. The number of carbonyl (C=O) groups excluding carboxylic acids is 4. The Kier molecular flexibility index (Phi) is 6.52. The van der Waals surface area contributed by atoms with Gasteiger partial charge in [-0.15, -0.1) is 0 Å². The molecule has 7 heteroatoms. The predicted octanol–water partition coefficient (Wildman–Crippen LogP) is 1.03. The minimum absolute atomic E-state index is 0.0145. The second-order valence-corrected chi connectivity index (χ2v) is 5.00. The summed E-state index contributed by atoms with van der Waals surface area (Å²) in [5, 5.41) is 0. The lowest BCUT2D eigenvalue weighted by molar-refractivity contribution is -0.177. The van der Waals surface area contributed by atoms with Crippen LogP contribution in [0.4, 0.5) is 0 Å². The normalized spacial score (nSPS) is 20.1. The summed E-state index contributed by atoms with van der Waals surface area (Å²) in [6.07, 6.45) is -0.344. The molecule has 7 nitrogen and oxygen atoms in total. The van der Waals surface area contributed by atoms with Crippen LogP contribution in [-0.2, 0) is 33.4 Å². The molecule has 0 radical (unpaired) electrons. The van der Waals surface area contributed by atoms with Crippen molar-refractivity contribution in [2.75, 3.05) is 19.8 Å². The van der Waals surface area contributed by atoms with Crippen molar-refractivity contribution >= 4 is 23.7 Å². The Balaban J connectivity index is 3.10. The van der Waals surface area contributed by atoms with Crippen LogP contribution < -0.4 is 0 Å². The van der Waals surface area contributed by atoms with Gasteiger partial charge in [0.1, 0.15) is 11.7 Å². The van der Waals surface area contributed by atoms with Gasteiger partial charge in [-0.2, -0.15) is 0 Å². The summed E-state index contributed by atoms with van der Waals surface area (Å²) < 4.78 is 14.8. The molecule has 22 heavy (non-hydrogen) atoms. The molecule has 0 aromatic heterocycles. The first kappa shape index (κ1) is 18.1. The van der Waals surface area contributed by atoms with Crippen LogP contribution in [0.5, 0.6) is 0 Å². The van der Waals surface area contributed by atoms with Crippen molar-refractivity contribution in [3.63, 3.8) is 0 Å². The van der Waals surface area contributed by atoms with Crippen molar-refractivity contribution in [1.29, 1.82) is 0 Å². The molecular weight excluding hydrogens is 292 g/mol. The van der Waals surface area contributed by atoms with E-state index in [0.717, 1.165) is 0 Å². The largest absolute Gasteiger partial charge is 0.465 e. The van der Waals surface area contributed by atoms with E-state index in [1.165, 1.54) is 0 Å². The fourth-order valence-corrected chi connectivity index (χ4v) is 2.53. The SMILES string of the molecule is CCOC(=O)C1CC(C(=O)OCC)(C(=O)OCC)CCC1=O. The molecule has 1 aliphatic rings. The number of Topliss-reactive ketones (excluding diaryl/α,β-unsaturated/α-hetero) is 1. The van der Waals surface area contributed by atoms with Gasteiger partial charge in [-0.3, -0.25) is 19.2 Å². The number of rotatable bonds is 6. The fraction of sp³-hybridized carbons (Fsp3) is 0.733. The van der Waals surface area contributed by atoms with E-state index in [-0.39, 0.29) is 44.9 Å². The molecule has 0 amide bonds. The molecule has 0 heterocycles. The van der Waals surface area contributed by atoms with Gasteiger partial charge in [0.05, 0.1) is 19.8 Å². The Bertz CT molecular complexity index is 437. The summed E-state index contributed by atoms with van der Waals surface area (Å²) >= 11 is 0. The third kappa shape index (κ3) is 3.64. The maximum Gasteiger partial charge on any atom is 0.323 e. The van der Waals surface area contributed by atoms with E-state index < -0.39 is 29.2 Å². The third-order valence-electron chi connectivity index (χ3n) is 3.64. The maximum atomic E-state index is 12.3. The summed E-state index contributed by atoms with van der Waals surface area (Å²) in [6, 6.07) is 0. The zero-order valence-corrected chi connectivity index (χ0v) is 13.2. The molecule has 1 saturated carbocycles. The van der Waals surface area contributed by atoms with E-state index >= 15 is 0 Å². The Labute approximate surface area is 129 Å². The highest BCUT2D eigenvalue weighted by atomic mass is 16.6. The first-order valence-corrected chi connectivity index (χ1v) is 7.46. The van der Waals surface area contributed by atoms with Crippen LogP contribution in [-0.4, -0.2) is 43.5 Å². The lowest BCUT2D eigenvalue weighted by atomic mass is 9.69. The van der Waals surface area contributed by atoms with Crippen molar-refractivity contribution in [1.82, 2.24) is 0 Å². The highest BCUT2D eigenvalue weighted by Gasteiger charge is 2.55. The molecule has 124 valence electrons. The van der Waals surface area contributed by atoms with Crippen LogP contribution >= 0.6 is 0 Å². The second kappa shape index (κ2) is 7.91. The first-order chi connectivity index (χ1) is 10.4. The quantitative estimate of drug-likeness (QED) is 0.410. The number of ether oxygens (including phenoxy) is 3. The molecule has 0 bridgehead atoms. The van der Waals surface area contributed by atoms with E-state index in [1.807, 2.05) is 0 Å². The second-order valence-electron chi connectivity index (χ2n) is 5.00. The van der Waals surface area contributed by atoms with Crippen molar-refractivity contribution in [2.45, 2.75) is 40.0 Å². The summed E-state index contributed by atoms with van der Waals surface area (Å²) in [7, 11) is 0. The van der Waals surface area contributed by atoms with Crippen molar-refractivity contribution < 1.29 is 33.4 Å². The zero-order chi connectivity index (χ0) is 16.8. The van der Waals surface area contributed by atoms with E-state index in [1.54, 1.807) is 20.8 Å². The minimum atomic E-state index is -1.61. The standard InChI is InChI=1S/C15H22O7/c1-4-20-12(17)10-9-15(8-7-11(10)16,13(18)21-5-2)14(19)22-6-3/h10H,4-9H2,1-3H3.